The maximum atomic E-state index is 5.61. The molecule has 5 nitrogen and oxygen atoms in total. The first-order valence-electron chi connectivity index (χ1n) is 7.34. The number of rotatable bonds is 7. The highest BCUT2D eigenvalue weighted by molar-refractivity contribution is 5.13. The number of nitrogens with zero attached hydrogens (tertiary/aromatic N) is 3. The number of aryl methyl sites for hydroxylation is 2. The van der Waals surface area contributed by atoms with E-state index >= 15 is 0 Å². The summed E-state index contributed by atoms with van der Waals surface area (Å²) >= 11 is 0. The molecule has 0 unspecified atom stereocenters. The van der Waals surface area contributed by atoms with Crippen molar-refractivity contribution in [2.24, 2.45) is 0 Å². The van der Waals surface area contributed by atoms with Crippen molar-refractivity contribution in [1.82, 2.24) is 20.1 Å². The van der Waals surface area contributed by atoms with E-state index in [1.54, 1.807) is 0 Å². The van der Waals surface area contributed by atoms with Crippen LogP contribution in [0.5, 0.6) is 0 Å². The van der Waals surface area contributed by atoms with Crippen LogP contribution in [-0.4, -0.2) is 20.8 Å². The Morgan fingerprint density at radius 1 is 1.30 bits per heavy atom. The largest absolute Gasteiger partial charge is 0.467 e. The van der Waals surface area contributed by atoms with Crippen LogP contribution >= 0.6 is 0 Å². The van der Waals surface area contributed by atoms with Crippen molar-refractivity contribution in [3.8, 4) is 0 Å². The fourth-order valence-electron chi connectivity index (χ4n) is 2.04. The quantitative estimate of drug-likeness (QED) is 0.844. The Hall–Kier alpha value is -1.62. The zero-order valence-electron chi connectivity index (χ0n) is 12.8. The summed E-state index contributed by atoms with van der Waals surface area (Å²) in [5.41, 5.74) is 1.17. The summed E-state index contributed by atoms with van der Waals surface area (Å²) in [6.45, 7) is 9.92. The van der Waals surface area contributed by atoms with Gasteiger partial charge in [0.05, 0.1) is 6.26 Å². The number of furan rings is 1. The van der Waals surface area contributed by atoms with Gasteiger partial charge in [0.1, 0.15) is 18.1 Å². The number of hydrogen-bond acceptors (Lipinski definition) is 4. The topological polar surface area (TPSA) is 55.9 Å². The van der Waals surface area contributed by atoms with Gasteiger partial charge in [0.2, 0.25) is 0 Å². The molecule has 0 fully saturated rings. The van der Waals surface area contributed by atoms with Gasteiger partial charge in [-0.3, -0.25) is 0 Å². The first kappa shape index (κ1) is 14.8. The van der Waals surface area contributed by atoms with E-state index in [0.717, 1.165) is 36.8 Å². The molecular formula is C15H24N4O. The monoisotopic (exact) mass is 276 g/mol. The minimum absolute atomic E-state index is 0.475. The van der Waals surface area contributed by atoms with Crippen LogP contribution in [0.15, 0.2) is 16.7 Å². The minimum atomic E-state index is 0.475. The second kappa shape index (κ2) is 6.70. The summed E-state index contributed by atoms with van der Waals surface area (Å²) in [5, 5.41) is 7.89. The molecule has 0 aliphatic heterocycles. The van der Waals surface area contributed by atoms with Gasteiger partial charge in [0.15, 0.2) is 5.82 Å². The maximum absolute atomic E-state index is 5.61. The molecule has 0 atom stereocenters. The Balaban J connectivity index is 2.04. The first-order chi connectivity index (χ1) is 9.62. The van der Waals surface area contributed by atoms with Crippen LogP contribution in [0.4, 0.5) is 0 Å². The van der Waals surface area contributed by atoms with Crippen molar-refractivity contribution < 1.29 is 4.42 Å². The van der Waals surface area contributed by atoms with Gasteiger partial charge in [0, 0.05) is 31.0 Å². The molecule has 20 heavy (non-hydrogen) atoms. The summed E-state index contributed by atoms with van der Waals surface area (Å²) < 4.78 is 7.56. The van der Waals surface area contributed by atoms with E-state index in [1.807, 2.05) is 10.9 Å². The second-order valence-corrected chi connectivity index (χ2v) is 5.27. The SMILES string of the molecule is CCc1nc(CC)n(Cc2cc(CNC(C)C)co2)n1. The van der Waals surface area contributed by atoms with E-state index in [2.05, 4.69) is 49.2 Å². The molecule has 0 saturated heterocycles. The van der Waals surface area contributed by atoms with Crippen LogP contribution < -0.4 is 5.32 Å². The fraction of sp³-hybridized carbons (Fsp3) is 0.600. The van der Waals surface area contributed by atoms with Crippen molar-refractivity contribution in [3.05, 3.63) is 35.3 Å². The third kappa shape index (κ3) is 3.70. The molecule has 2 rings (SSSR count). The van der Waals surface area contributed by atoms with Gasteiger partial charge < -0.3 is 9.73 Å². The van der Waals surface area contributed by atoms with Crippen molar-refractivity contribution >= 4 is 0 Å². The number of nitrogens with one attached hydrogen (secondary N) is 1. The molecule has 2 aromatic heterocycles. The summed E-state index contributed by atoms with van der Waals surface area (Å²) in [5.74, 6) is 2.84. The van der Waals surface area contributed by atoms with Crippen LogP contribution in [0.1, 0.15) is 50.7 Å². The van der Waals surface area contributed by atoms with E-state index in [0.29, 0.717) is 12.6 Å². The second-order valence-electron chi connectivity index (χ2n) is 5.27. The van der Waals surface area contributed by atoms with Crippen LogP contribution in [0.3, 0.4) is 0 Å². The van der Waals surface area contributed by atoms with Crippen LogP contribution in [0.2, 0.25) is 0 Å². The minimum Gasteiger partial charge on any atom is -0.467 e. The molecule has 0 amide bonds. The lowest BCUT2D eigenvalue weighted by atomic mass is 10.3. The number of hydrogen-bond donors (Lipinski definition) is 1. The van der Waals surface area contributed by atoms with Gasteiger partial charge in [-0.25, -0.2) is 9.67 Å². The molecule has 0 spiro atoms. The van der Waals surface area contributed by atoms with Crippen LogP contribution in [0.25, 0.3) is 0 Å². The van der Waals surface area contributed by atoms with E-state index < -0.39 is 0 Å². The summed E-state index contributed by atoms with van der Waals surface area (Å²) in [6, 6.07) is 2.56. The van der Waals surface area contributed by atoms with Gasteiger partial charge in [-0.1, -0.05) is 27.7 Å². The standard InChI is InChI=1S/C15H24N4O/c1-5-14-17-15(6-2)19(18-14)9-13-7-12(10-20-13)8-16-11(3)4/h7,10-11,16H,5-6,8-9H2,1-4H3. The molecule has 2 aromatic rings. The lowest BCUT2D eigenvalue weighted by Gasteiger charge is -2.04. The van der Waals surface area contributed by atoms with Crippen LogP contribution in [-0.2, 0) is 25.9 Å². The highest BCUT2D eigenvalue weighted by atomic mass is 16.3. The average Bonchev–Trinajstić information content (AvgIpc) is 3.03. The zero-order valence-corrected chi connectivity index (χ0v) is 12.8. The lowest BCUT2D eigenvalue weighted by Crippen LogP contribution is -2.21. The zero-order chi connectivity index (χ0) is 14.5. The molecular weight excluding hydrogens is 252 g/mol. The number of aromatic nitrogens is 3. The Morgan fingerprint density at radius 3 is 2.75 bits per heavy atom. The first-order valence-corrected chi connectivity index (χ1v) is 7.34. The van der Waals surface area contributed by atoms with Crippen molar-refractivity contribution in [2.75, 3.05) is 0 Å². The third-order valence-electron chi connectivity index (χ3n) is 3.15. The molecule has 0 radical (unpaired) electrons. The molecule has 0 bridgehead atoms. The lowest BCUT2D eigenvalue weighted by molar-refractivity contribution is 0.470. The van der Waals surface area contributed by atoms with Crippen molar-refractivity contribution in [3.63, 3.8) is 0 Å². The maximum Gasteiger partial charge on any atom is 0.150 e. The van der Waals surface area contributed by atoms with Gasteiger partial charge in [-0.05, 0) is 6.07 Å². The normalized spacial score (nSPS) is 11.4. The molecule has 0 aliphatic rings. The highest BCUT2D eigenvalue weighted by Gasteiger charge is 2.10. The predicted octanol–water partition coefficient (Wildman–Crippen LogP) is 2.54. The molecule has 110 valence electrons. The van der Waals surface area contributed by atoms with Crippen LogP contribution in [0, 0.1) is 0 Å². The fourth-order valence-corrected chi connectivity index (χ4v) is 2.04. The molecule has 2 heterocycles. The van der Waals surface area contributed by atoms with E-state index in [-0.39, 0.29) is 0 Å². The Morgan fingerprint density at radius 2 is 2.10 bits per heavy atom. The van der Waals surface area contributed by atoms with Crippen molar-refractivity contribution in [1.29, 1.82) is 0 Å². The van der Waals surface area contributed by atoms with Gasteiger partial charge in [-0.2, -0.15) is 5.10 Å². The predicted molar refractivity (Wildman–Crippen MR) is 78.6 cm³/mol. The molecule has 1 N–H and O–H groups in total. The summed E-state index contributed by atoms with van der Waals surface area (Å²) in [7, 11) is 0. The third-order valence-corrected chi connectivity index (χ3v) is 3.15. The highest BCUT2D eigenvalue weighted by Crippen LogP contribution is 2.11. The Bertz CT molecular complexity index is 542. The van der Waals surface area contributed by atoms with Gasteiger partial charge in [-0.15, -0.1) is 0 Å². The molecule has 0 aromatic carbocycles. The Labute approximate surface area is 120 Å². The molecule has 0 saturated carbocycles. The van der Waals surface area contributed by atoms with E-state index in [9.17, 15) is 0 Å². The Kier molecular flexibility index (Phi) is 4.95. The molecule has 5 heteroatoms. The smallest absolute Gasteiger partial charge is 0.150 e. The van der Waals surface area contributed by atoms with Gasteiger partial charge in [0.25, 0.3) is 0 Å². The van der Waals surface area contributed by atoms with Crippen molar-refractivity contribution in [2.45, 2.75) is 59.7 Å². The average molecular weight is 276 g/mol. The van der Waals surface area contributed by atoms with E-state index in [1.165, 1.54) is 5.56 Å². The summed E-state index contributed by atoms with van der Waals surface area (Å²) in [4.78, 5) is 4.51. The van der Waals surface area contributed by atoms with Gasteiger partial charge >= 0.3 is 0 Å². The molecule has 0 aliphatic carbocycles. The summed E-state index contributed by atoms with van der Waals surface area (Å²) in [6.07, 6.45) is 3.56. The van der Waals surface area contributed by atoms with E-state index in [4.69, 9.17) is 4.42 Å².